The van der Waals surface area contributed by atoms with E-state index in [9.17, 15) is 0 Å². The maximum absolute atomic E-state index is 5.04. The molecule has 2 aliphatic rings. The van der Waals surface area contributed by atoms with E-state index in [0.717, 1.165) is 19.5 Å². The number of pyridine rings is 1. The maximum Gasteiger partial charge on any atom is 0.126 e. The highest BCUT2D eigenvalue weighted by atomic mass is 15.2. The molecule has 0 radical (unpaired) electrons. The van der Waals surface area contributed by atoms with Gasteiger partial charge in [0.25, 0.3) is 0 Å². The highest BCUT2D eigenvalue weighted by Gasteiger charge is 2.31. The Bertz CT molecular complexity index is 686. The fourth-order valence-corrected chi connectivity index (χ4v) is 4.11. The van der Waals surface area contributed by atoms with Crippen LogP contribution in [0.2, 0.25) is 0 Å². The van der Waals surface area contributed by atoms with Gasteiger partial charge in [0, 0.05) is 25.5 Å². The van der Waals surface area contributed by atoms with Crippen LogP contribution in [0.5, 0.6) is 0 Å². The number of likely N-dealkylation sites (tertiary alicyclic amines) is 1. The molecule has 0 N–H and O–H groups in total. The van der Waals surface area contributed by atoms with E-state index in [4.69, 9.17) is 4.98 Å². The molecule has 4 heteroatoms. The van der Waals surface area contributed by atoms with Gasteiger partial charge in [0.2, 0.25) is 0 Å². The van der Waals surface area contributed by atoms with Crippen LogP contribution in [-0.2, 0) is 26.4 Å². The van der Waals surface area contributed by atoms with E-state index in [0.29, 0.717) is 6.04 Å². The normalized spacial score (nSPS) is 21.6. The molecule has 122 valence electrons. The first-order valence-corrected chi connectivity index (χ1v) is 8.92. The SMILES string of the molecule is Cc1ccc(CN2CCCC2c2nc3c(n2C)CCCC3)nc1. The lowest BCUT2D eigenvalue weighted by Crippen LogP contribution is -2.25. The zero-order valence-electron chi connectivity index (χ0n) is 14.3. The molecule has 1 saturated heterocycles. The number of aryl methyl sites for hydroxylation is 2. The van der Waals surface area contributed by atoms with Crippen LogP contribution in [0, 0.1) is 6.92 Å². The van der Waals surface area contributed by atoms with Crippen LogP contribution in [0.15, 0.2) is 18.3 Å². The van der Waals surface area contributed by atoms with Gasteiger partial charge in [-0.25, -0.2) is 4.98 Å². The van der Waals surface area contributed by atoms with Gasteiger partial charge in [-0.15, -0.1) is 0 Å². The first kappa shape index (κ1) is 14.9. The first-order valence-electron chi connectivity index (χ1n) is 8.92. The Balaban J connectivity index is 1.58. The van der Waals surface area contributed by atoms with Crippen molar-refractivity contribution in [3.63, 3.8) is 0 Å². The average molecular weight is 310 g/mol. The van der Waals surface area contributed by atoms with Crippen LogP contribution in [-0.4, -0.2) is 26.0 Å². The van der Waals surface area contributed by atoms with E-state index in [1.807, 2.05) is 6.20 Å². The lowest BCUT2D eigenvalue weighted by Gasteiger charge is -2.24. The molecule has 23 heavy (non-hydrogen) atoms. The van der Waals surface area contributed by atoms with Crippen molar-refractivity contribution in [2.24, 2.45) is 7.05 Å². The second-order valence-corrected chi connectivity index (χ2v) is 7.08. The number of nitrogens with zero attached hydrogens (tertiary/aromatic N) is 4. The van der Waals surface area contributed by atoms with Gasteiger partial charge in [0.05, 0.1) is 17.4 Å². The zero-order chi connectivity index (χ0) is 15.8. The number of fused-ring (bicyclic) bond motifs is 1. The summed E-state index contributed by atoms with van der Waals surface area (Å²) in [5.74, 6) is 1.28. The largest absolute Gasteiger partial charge is 0.334 e. The minimum Gasteiger partial charge on any atom is -0.334 e. The summed E-state index contributed by atoms with van der Waals surface area (Å²) < 4.78 is 2.39. The van der Waals surface area contributed by atoms with Gasteiger partial charge in [-0.05, 0) is 63.6 Å². The van der Waals surface area contributed by atoms with Crippen LogP contribution in [0.3, 0.4) is 0 Å². The topological polar surface area (TPSA) is 34.0 Å². The van der Waals surface area contributed by atoms with E-state index < -0.39 is 0 Å². The van der Waals surface area contributed by atoms with Gasteiger partial charge in [-0.2, -0.15) is 0 Å². The Labute approximate surface area is 138 Å². The van der Waals surface area contributed by atoms with Crippen molar-refractivity contribution in [2.45, 2.75) is 58.0 Å². The molecule has 1 atom stereocenters. The number of hydrogen-bond acceptors (Lipinski definition) is 3. The zero-order valence-corrected chi connectivity index (χ0v) is 14.3. The molecular weight excluding hydrogens is 284 g/mol. The molecule has 4 nitrogen and oxygen atoms in total. The highest BCUT2D eigenvalue weighted by molar-refractivity contribution is 5.22. The summed E-state index contributed by atoms with van der Waals surface area (Å²) in [6.07, 6.45) is 9.42. The Morgan fingerprint density at radius 2 is 2.04 bits per heavy atom. The Kier molecular flexibility index (Phi) is 3.93. The lowest BCUT2D eigenvalue weighted by molar-refractivity contribution is 0.233. The molecule has 0 spiro atoms. The summed E-state index contributed by atoms with van der Waals surface area (Å²) in [5.41, 5.74) is 5.23. The van der Waals surface area contributed by atoms with Crippen LogP contribution in [0.25, 0.3) is 0 Å². The highest BCUT2D eigenvalue weighted by Crippen LogP contribution is 2.34. The fraction of sp³-hybridized carbons (Fsp3) is 0.579. The number of imidazole rings is 1. The number of aromatic nitrogens is 3. The molecule has 1 fully saturated rings. The smallest absolute Gasteiger partial charge is 0.126 e. The molecule has 3 heterocycles. The maximum atomic E-state index is 5.04. The summed E-state index contributed by atoms with van der Waals surface area (Å²) in [4.78, 5) is 12.2. The summed E-state index contributed by atoms with van der Waals surface area (Å²) in [6, 6.07) is 4.77. The molecule has 1 aliphatic carbocycles. The van der Waals surface area contributed by atoms with E-state index in [2.05, 4.69) is 40.6 Å². The van der Waals surface area contributed by atoms with Gasteiger partial charge >= 0.3 is 0 Å². The van der Waals surface area contributed by atoms with Crippen molar-refractivity contribution >= 4 is 0 Å². The lowest BCUT2D eigenvalue weighted by atomic mass is 10.0. The molecule has 4 rings (SSSR count). The summed E-state index contributed by atoms with van der Waals surface area (Å²) in [5, 5.41) is 0. The Morgan fingerprint density at radius 3 is 2.83 bits per heavy atom. The predicted octanol–water partition coefficient (Wildman–Crippen LogP) is 3.34. The van der Waals surface area contributed by atoms with Gasteiger partial charge in [-0.3, -0.25) is 9.88 Å². The average Bonchev–Trinajstić information content (AvgIpc) is 3.14. The molecule has 1 aliphatic heterocycles. The van der Waals surface area contributed by atoms with E-state index in [1.165, 1.54) is 60.6 Å². The third-order valence-electron chi connectivity index (χ3n) is 5.41. The molecule has 2 aromatic heterocycles. The number of rotatable bonds is 3. The molecule has 2 aromatic rings. The summed E-state index contributed by atoms with van der Waals surface area (Å²) in [6.45, 7) is 4.17. The van der Waals surface area contributed by atoms with Crippen molar-refractivity contribution < 1.29 is 0 Å². The van der Waals surface area contributed by atoms with Gasteiger partial charge in [-0.1, -0.05) is 6.07 Å². The molecule has 0 bridgehead atoms. The standard InChI is InChI=1S/C19H26N4/c1-14-9-10-15(20-12-14)13-23-11-5-8-18(23)19-21-16-6-3-4-7-17(16)22(19)2/h9-10,12,18H,3-8,11,13H2,1-2H3. The third kappa shape index (κ3) is 2.80. The summed E-state index contributed by atoms with van der Waals surface area (Å²) >= 11 is 0. The van der Waals surface area contributed by atoms with Gasteiger partial charge < -0.3 is 4.57 Å². The molecular formula is C19H26N4. The minimum atomic E-state index is 0.453. The fourth-order valence-electron chi connectivity index (χ4n) is 4.11. The van der Waals surface area contributed by atoms with Gasteiger partial charge in [0.15, 0.2) is 0 Å². The predicted molar refractivity (Wildman–Crippen MR) is 91.2 cm³/mol. The van der Waals surface area contributed by atoms with Crippen molar-refractivity contribution in [3.8, 4) is 0 Å². The van der Waals surface area contributed by atoms with Crippen LogP contribution in [0.4, 0.5) is 0 Å². The first-order chi connectivity index (χ1) is 11.2. The van der Waals surface area contributed by atoms with Crippen molar-refractivity contribution in [1.82, 2.24) is 19.4 Å². The Morgan fingerprint density at radius 1 is 1.17 bits per heavy atom. The molecule has 0 amide bonds. The van der Waals surface area contributed by atoms with E-state index >= 15 is 0 Å². The van der Waals surface area contributed by atoms with Crippen molar-refractivity contribution in [2.75, 3.05) is 6.54 Å². The molecule has 0 saturated carbocycles. The second kappa shape index (κ2) is 6.08. The Hall–Kier alpha value is -1.68. The minimum absolute atomic E-state index is 0.453. The van der Waals surface area contributed by atoms with Crippen LogP contribution < -0.4 is 0 Å². The molecule has 1 unspecified atom stereocenters. The van der Waals surface area contributed by atoms with Crippen LogP contribution >= 0.6 is 0 Å². The molecule has 0 aromatic carbocycles. The van der Waals surface area contributed by atoms with E-state index in [1.54, 1.807) is 0 Å². The third-order valence-corrected chi connectivity index (χ3v) is 5.41. The quantitative estimate of drug-likeness (QED) is 0.872. The van der Waals surface area contributed by atoms with Crippen LogP contribution in [0.1, 0.15) is 60.2 Å². The monoisotopic (exact) mass is 310 g/mol. The van der Waals surface area contributed by atoms with Crippen molar-refractivity contribution in [3.05, 3.63) is 46.8 Å². The van der Waals surface area contributed by atoms with Gasteiger partial charge in [0.1, 0.15) is 5.82 Å². The second-order valence-electron chi connectivity index (χ2n) is 7.08. The van der Waals surface area contributed by atoms with Crippen molar-refractivity contribution in [1.29, 1.82) is 0 Å². The van der Waals surface area contributed by atoms with E-state index in [-0.39, 0.29) is 0 Å². The number of hydrogen-bond donors (Lipinski definition) is 0. The summed E-state index contributed by atoms with van der Waals surface area (Å²) in [7, 11) is 2.22.